The van der Waals surface area contributed by atoms with Gasteiger partial charge < -0.3 is 5.11 Å². The van der Waals surface area contributed by atoms with E-state index in [9.17, 15) is 0 Å². The summed E-state index contributed by atoms with van der Waals surface area (Å²) >= 11 is 16.1. The molecule has 0 fully saturated rings. The van der Waals surface area contributed by atoms with Crippen LogP contribution in [0.3, 0.4) is 0 Å². The molecule has 0 spiro atoms. The van der Waals surface area contributed by atoms with E-state index in [0.29, 0.717) is 6.42 Å². The number of hydrogen-bond acceptors (Lipinski definition) is 1. The first-order valence-electron chi connectivity index (χ1n) is 2.39. The van der Waals surface area contributed by atoms with Crippen LogP contribution in [-0.2, 0) is 0 Å². The minimum absolute atomic E-state index is 0.0131. The topological polar surface area (TPSA) is 20.2 Å². The summed E-state index contributed by atoms with van der Waals surface area (Å²) < 4.78 is -1.23. The van der Waals surface area contributed by atoms with Crippen LogP contribution in [0.25, 0.3) is 0 Å². The summed E-state index contributed by atoms with van der Waals surface area (Å²) in [7, 11) is 0. The van der Waals surface area contributed by atoms with Crippen molar-refractivity contribution in [1.29, 1.82) is 0 Å². The monoisotopic (exact) mass is 188 g/mol. The van der Waals surface area contributed by atoms with Gasteiger partial charge in [0.15, 0.2) is 3.79 Å². The van der Waals surface area contributed by atoms with Crippen LogP contribution >= 0.6 is 34.8 Å². The third-order valence-corrected chi connectivity index (χ3v) is 1.08. The number of rotatable bonds is 2. The minimum atomic E-state index is -1.23. The Bertz CT molecular complexity index is 94.9. The summed E-state index contributed by atoms with van der Waals surface area (Å²) in [6.07, 6.45) is 3.48. The highest BCUT2D eigenvalue weighted by molar-refractivity contribution is 6.67. The largest absolute Gasteiger partial charge is 0.392 e. The molecule has 0 aromatic heterocycles. The molecule has 0 saturated heterocycles. The fourth-order valence-electron chi connectivity index (χ4n) is 0.291. The van der Waals surface area contributed by atoms with Crippen molar-refractivity contribution in [3.05, 3.63) is 12.2 Å². The molecule has 0 saturated carbocycles. The zero-order valence-electron chi connectivity index (χ0n) is 4.65. The van der Waals surface area contributed by atoms with Gasteiger partial charge in [0.1, 0.15) is 0 Å². The number of hydrogen-bond donors (Lipinski definition) is 1. The highest BCUT2D eigenvalue weighted by Crippen LogP contribution is 2.29. The van der Waals surface area contributed by atoms with Gasteiger partial charge in [0.05, 0.1) is 6.61 Å². The van der Waals surface area contributed by atoms with Crippen LogP contribution in [0.15, 0.2) is 12.2 Å². The summed E-state index contributed by atoms with van der Waals surface area (Å²) in [6, 6.07) is 0. The summed E-state index contributed by atoms with van der Waals surface area (Å²) in [5.41, 5.74) is 0. The Morgan fingerprint density at radius 3 is 2.11 bits per heavy atom. The van der Waals surface area contributed by atoms with Gasteiger partial charge >= 0.3 is 0 Å². The van der Waals surface area contributed by atoms with Gasteiger partial charge in [-0.15, -0.1) is 0 Å². The lowest BCUT2D eigenvalue weighted by molar-refractivity contribution is 0.342. The molecule has 0 rings (SSSR count). The molecule has 0 aliphatic rings. The van der Waals surface area contributed by atoms with Gasteiger partial charge in [-0.05, 0) is 0 Å². The highest BCUT2D eigenvalue weighted by atomic mass is 35.6. The van der Waals surface area contributed by atoms with Crippen LogP contribution in [0.2, 0.25) is 0 Å². The molecule has 0 aliphatic carbocycles. The molecule has 0 amide bonds. The second-order valence-electron chi connectivity index (χ2n) is 1.47. The number of alkyl halides is 3. The Hall–Kier alpha value is 0.570. The fraction of sp³-hybridized carbons (Fsp3) is 0.600. The summed E-state index contributed by atoms with van der Waals surface area (Å²) in [4.78, 5) is 0. The maximum absolute atomic E-state index is 8.25. The van der Waals surface area contributed by atoms with E-state index in [4.69, 9.17) is 39.9 Å². The Morgan fingerprint density at radius 1 is 1.22 bits per heavy atom. The molecule has 1 N–H and O–H groups in total. The van der Waals surface area contributed by atoms with E-state index in [0.717, 1.165) is 0 Å². The average Bonchev–Trinajstić information content (AvgIpc) is 1.63. The first-order chi connectivity index (χ1) is 4.06. The van der Waals surface area contributed by atoms with Crippen LogP contribution in [0.1, 0.15) is 6.42 Å². The van der Waals surface area contributed by atoms with E-state index in [1.807, 2.05) is 0 Å². The molecular weight excluding hydrogens is 182 g/mol. The molecule has 0 aliphatic heterocycles. The van der Waals surface area contributed by atoms with E-state index in [-0.39, 0.29) is 6.61 Å². The van der Waals surface area contributed by atoms with E-state index in [1.165, 1.54) is 6.08 Å². The standard InChI is InChI=1S/C5H7Cl3O/c6-5(7,8)3-1-2-4-9/h1-2,9H,3-4H2. The molecule has 9 heavy (non-hydrogen) atoms. The second kappa shape index (κ2) is 4.40. The smallest absolute Gasteiger partial charge is 0.194 e. The molecule has 0 aromatic rings. The molecule has 0 aromatic carbocycles. The van der Waals surface area contributed by atoms with Crippen molar-refractivity contribution in [3.63, 3.8) is 0 Å². The van der Waals surface area contributed by atoms with Crippen LogP contribution < -0.4 is 0 Å². The van der Waals surface area contributed by atoms with Crippen LogP contribution in [0, 0.1) is 0 Å². The van der Waals surface area contributed by atoms with E-state index < -0.39 is 3.79 Å². The molecule has 0 unspecified atom stereocenters. The van der Waals surface area contributed by atoms with Gasteiger partial charge in [0.2, 0.25) is 0 Å². The molecule has 54 valence electrons. The first kappa shape index (κ1) is 9.57. The van der Waals surface area contributed by atoms with Gasteiger partial charge in [-0.2, -0.15) is 0 Å². The SMILES string of the molecule is OCC=CCC(Cl)(Cl)Cl. The number of aliphatic hydroxyl groups excluding tert-OH is 1. The highest BCUT2D eigenvalue weighted by Gasteiger charge is 2.16. The third-order valence-electron chi connectivity index (χ3n) is 0.621. The lowest BCUT2D eigenvalue weighted by atomic mass is 10.4. The van der Waals surface area contributed by atoms with Crippen molar-refractivity contribution in [2.45, 2.75) is 10.2 Å². The van der Waals surface area contributed by atoms with Crippen molar-refractivity contribution in [2.24, 2.45) is 0 Å². The zero-order valence-corrected chi connectivity index (χ0v) is 6.92. The van der Waals surface area contributed by atoms with Gasteiger partial charge in [-0.3, -0.25) is 0 Å². The third kappa shape index (κ3) is 8.57. The number of allylic oxidation sites excluding steroid dienone is 1. The van der Waals surface area contributed by atoms with Gasteiger partial charge in [0.25, 0.3) is 0 Å². The molecule has 0 atom stereocenters. The van der Waals surface area contributed by atoms with Crippen molar-refractivity contribution in [3.8, 4) is 0 Å². The quantitative estimate of drug-likeness (QED) is 0.522. The fourth-order valence-corrected chi connectivity index (χ4v) is 0.559. The Kier molecular flexibility index (Phi) is 4.67. The molecule has 4 heteroatoms. The van der Waals surface area contributed by atoms with E-state index >= 15 is 0 Å². The van der Waals surface area contributed by atoms with Crippen molar-refractivity contribution >= 4 is 34.8 Å². The van der Waals surface area contributed by atoms with Gasteiger partial charge in [-0.25, -0.2) is 0 Å². The van der Waals surface area contributed by atoms with Crippen LogP contribution in [0.5, 0.6) is 0 Å². The minimum Gasteiger partial charge on any atom is -0.392 e. The molecule has 0 radical (unpaired) electrons. The Labute approximate surface area is 69.2 Å². The lowest BCUT2D eigenvalue weighted by Gasteiger charge is -2.04. The Balaban J connectivity index is 3.38. The number of aliphatic hydroxyl groups is 1. The van der Waals surface area contributed by atoms with Crippen LogP contribution in [-0.4, -0.2) is 15.5 Å². The van der Waals surface area contributed by atoms with E-state index in [2.05, 4.69) is 0 Å². The maximum atomic E-state index is 8.25. The molecule has 1 nitrogen and oxygen atoms in total. The van der Waals surface area contributed by atoms with Crippen molar-refractivity contribution in [1.82, 2.24) is 0 Å². The normalized spacial score (nSPS) is 12.9. The zero-order chi connectivity index (χ0) is 7.33. The van der Waals surface area contributed by atoms with Gasteiger partial charge in [-0.1, -0.05) is 47.0 Å². The predicted molar refractivity (Wildman–Crippen MR) is 41.1 cm³/mol. The predicted octanol–water partition coefficient (Wildman–Crippen LogP) is 2.30. The van der Waals surface area contributed by atoms with Crippen molar-refractivity contribution in [2.75, 3.05) is 6.61 Å². The van der Waals surface area contributed by atoms with Crippen LogP contribution in [0.4, 0.5) is 0 Å². The van der Waals surface area contributed by atoms with E-state index in [1.54, 1.807) is 6.08 Å². The van der Waals surface area contributed by atoms with Gasteiger partial charge in [0, 0.05) is 6.42 Å². The summed E-state index contributed by atoms with van der Waals surface area (Å²) in [5.74, 6) is 0. The maximum Gasteiger partial charge on any atom is 0.194 e. The molecule has 0 heterocycles. The van der Waals surface area contributed by atoms with Crippen molar-refractivity contribution < 1.29 is 5.11 Å². The molecule has 0 bridgehead atoms. The first-order valence-corrected chi connectivity index (χ1v) is 3.52. The summed E-state index contributed by atoms with van der Waals surface area (Å²) in [5, 5.41) is 8.25. The molecular formula is C5H7Cl3O. The second-order valence-corrected chi connectivity index (χ2v) is 3.99. The number of halogens is 3. The Morgan fingerprint density at radius 2 is 1.78 bits per heavy atom. The lowest BCUT2D eigenvalue weighted by Crippen LogP contribution is -1.98. The average molecular weight is 189 g/mol. The summed E-state index contributed by atoms with van der Waals surface area (Å²) in [6.45, 7) is -0.0131.